The lowest BCUT2D eigenvalue weighted by Gasteiger charge is -2.49. The molecule has 0 amide bonds. The minimum Gasteiger partial charge on any atom is -0.481 e. The average Bonchev–Trinajstić information content (AvgIpc) is 2.12. The molecule has 0 aliphatic heterocycles. The van der Waals surface area contributed by atoms with E-state index in [-0.39, 0.29) is 5.92 Å². The normalized spacial score (nSPS) is 49.2. The maximum atomic E-state index is 11.0. The summed E-state index contributed by atoms with van der Waals surface area (Å²) < 4.78 is 0. The van der Waals surface area contributed by atoms with Crippen LogP contribution in [0.2, 0.25) is 0 Å². The summed E-state index contributed by atoms with van der Waals surface area (Å²) in [5, 5.41) is 9.06. The van der Waals surface area contributed by atoms with E-state index in [0.29, 0.717) is 17.8 Å². The Morgan fingerprint density at radius 3 is 2.46 bits per heavy atom. The predicted molar refractivity (Wildman–Crippen MR) is 50.3 cm³/mol. The van der Waals surface area contributed by atoms with Gasteiger partial charge in [0.05, 0.1) is 5.92 Å². The zero-order chi connectivity index (χ0) is 9.59. The minimum absolute atomic E-state index is 0.0371. The fraction of sp³-hybridized carbons (Fsp3) is 0.909. The number of aliphatic carboxylic acids is 1. The van der Waals surface area contributed by atoms with Crippen molar-refractivity contribution < 1.29 is 9.90 Å². The Morgan fingerprint density at radius 1 is 1.23 bits per heavy atom. The van der Waals surface area contributed by atoms with Crippen LogP contribution in [0.5, 0.6) is 0 Å². The molecule has 0 aromatic heterocycles. The number of carboxylic acid groups (broad SMARTS) is 1. The van der Waals surface area contributed by atoms with Crippen LogP contribution in [0.3, 0.4) is 0 Å². The highest BCUT2D eigenvalue weighted by Crippen LogP contribution is 2.51. The SMILES string of the molecule is CC1C2CCC(C(C(=O)O)C2)C1C. The maximum Gasteiger partial charge on any atom is 0.306 e. The molecule has 5 atom stereocenters. The van der Waals surface area contributed by atoms with E-state index in [2.05, 4.69) is 13.8 Å². The van der Waals surface area contributed by atoms with Gasteiger partial charge >= 0.3 is 5.97 Å². The van der Waals surface area contributed by atoms with Crippen LogP contribution in [-0.2, 0) is 4.79 Å². The number of carboxylic acids is 1. The molecule has 3 saturated carbocycles. The molecule has 0 heterocycles. The van der Waals surface area contributed by atoms with Gasteiger partial charge in [0.2, 0.25) is 0 Å². The van der Waals surface area contributed by atoms with Crippen LogP contribution >= 0.6 is 0 Å². The summed E-state index contributed by atoms with van der Waals surface area (Å²) in [4.78, 5) is 11.0. The molecule has 13 heavy (non-hydrogen) atoms. The number of fused-ring (bicyclic) bond motifs is 3. The summed E-state index contributed by atoms with van der Waals surface area (Å²) in [5.74, 6) is 1.90. The summed E-state index contributed by atoms with van der Waals surface area (Å²) >= 11 is 0. The van der Waals surface area contributed by atoms with Crippen molar-refractivity contribution in [3.8, 4) is 0 Å². The molecule has 0 aromatic rings. The van der Waals surface area contributed by atoms with Crippen LogP contribution < -0.4 is 0 Å². The van der Waals surface area contributed by atoms with E-state index >= 15 is 0 Å². The summed E-state index contributed by atoms with van der Waals surface area (Å²) in [6.45, 7) is 4.52. The van der Waals surface area contributed by atoms with Crippen LogP contribution in [0.15, 0.2) is 0 Å². The van der Waals surface area contributed by atoms with Gasteiger partial charge in [-0.2, -0.15) is 0 Å². The van der Waals surface area contributed by atoms with E-state index in [9.17, 15) is 4.79 Å². The highest BCUT2D eigenvalue weighted by Gasteiger charge is 2.47. The molecule has 0 radical (unpaired) electrons. The van der Waals surface area contributed by atoms with E-state index in [0.717, 1.165) is 18.8 Å². The molecule has 5 unspecified atom stereocenters. The smallest absolute Gasteiger partial charge is 0.306 e. The highest BCUT2D eigenvalue weighted by molar-refractivity contribution is 5.70. The lowest BCUT2D eigenvalue weighted by Crippen LogP contribution is -2.45. The van der Waals surface area contributed by atoms with Crippen molar-refractivity contribution in [3.63, 3.8) is 0 Å². The molecule has 0 spiro atoms. The first kappa shape index (κ1) is 9.04. The molecule has 2 bridgehead atoms. The molecular weight excluding hydrogens is 164 g/mol. The molecule has 3 rings (SSSR count). The summed E-state index contributed by atoms with van der Waals surface area (Å²) in [7, 11) is 0. The van der Waals surface area contributed by atoms with E-state index in [4.69, 9.17) is 5.11 Å². The van der Waals surface area contributed by atoms with Gasteiger partial charge in [-0.1, -0.05) is 13.8 Å². The van der Waals surface area contributed by atoms with Crippen molar-refractivity contribution >= 4 is 5.97 Å². The van der Waals surface area contributed by atoms with Crippen LogP contribution in [0.25, 0.3) is 0 Å². The Bertz CT molecular complexity index is 222. The van der Waals surface area contributed by atoms with Gasteiger partial charge in [-0.3, -0.25) is 4.79 Å². The van der Waals surface area contributed by atoms with E-state index < -0.39 is 5.97 Å². The zero-order valence-electron chi connectivity index (χ0n) is 8.36. The van der Waals surface area contributed by atoms with Crippen molar-refractivity contribution in [1.29, 1.82) is 0 Å². The molecule has 74 valence electrons. The van der Waals surface area contributed by atoms with Gasteiger partial charge in [0.1, 0.15) is 0 Å². The van der Waals surface area contributed by atoms with Gasteiger partial charge in [-0.25, -0.2) is 0 Å². The monoisotopic (exact) mass is 182 g/mol. The second kappa shape index (κ2) is 3.00. The third-order valence-corrected chi connectivity index (χ3v) is 4.51. The number of rotatable bonds is 1. The second-order valence-corrected chi connectivity index (χ2v) is 4.90. The largest absolute Gasteiger partial charge is 0.481 e. The zero-order valence-corrected chi connectivity index (χ0v) is 8.36. The number of carbonyl (C=O) groups is 1. The number of hydrogen-bond acceptors (Lipinski definition) is 1. The van der Waals surface area contributed by atoms with Crippen molar-refractivity contribution in [1.82, 2.24) is 0 Å². The molecule has 0 saturated heterocycles. The Morgan fingerprint density at radius 2 is 1.92 bits per heavy atom. The molecule has 2 nitrogen and oxygen atoms in total. The fourth-order valence-electron chi connectivity index (χ4n) is 3.44. The Kier molecular flexibility index (Phi) is 2.09. The third kappa shape index (κ3) is 1.27. The molecule has 3 aliphatic rings. The quantitative estimate of drug-likeness (QED) is 0.676. The van der Waals surface area contributed by atoms with Crippen molar-refractivity contribution in [2.75, 3.05) is 0 Å². The summed E-state index contributed by atoms with van der Waals surface area (Å²) in [5.41, 5.74) is 0. The molecular formula is C11H18O2. The summed E-state index contributed by atoms with van der Waals surface area (Å²) in [6.07, 6.45) is 3.35. The van der Waals surface area contributed by atoms with E-state index in [1.807, 2.05) is 0 Å². The van der Waals surface area contributed by atoms with Crippen LogP contribution in [-0.4, -0.2) is 11.1 Å². The Hall–Kier alpha value is -0.530. The predicted octanol–water partition coefficient (Wildman–Crippen LogP) is 2.39. The van der Waals surface area contributed by atoms with Crippen LogP contribution in [0, 0.1) is 29.6 Å². The van der Waals surface area contributed by atoms with Crippen LogP contribution in [0.1, 0.15) is 33.1 Å². The number of hydrogen-bond donors (Lipinski definition) is 1. The van der Waals surface area contributed by atoms with Gasteiger partial charge in [0, 0.05) is 0 Å². The minimum atomic E-state index is -0.562. The van der Waals surface area contributed by atoms with Gasteiger partial charge in [0.25, 0.3) is 0 Å². The molecule has 0 aromatic carbocycles. The lowest BCUT2D eigenvalue weighted by molar-refractivity contribution is -0.151. The van der Waals surface area contributed by atoms with Gasteiger partial charge < -0.3 is 5.11 Å². The van der Waals surface area contributed by atoms with Crippen molar-refractivity contribution in [2.45, 2.75) is 33.1 Å². The molecule has 3 aliphatic carbocycles. The molecule has 3 fully saturated rings. The van der Waals surface area contributed by atoms with Crippen molar-refractivity contribution in [2.24, 2.45) is 29.6 Å². The second-order valence-electron chi connectivity index (χ2n) is 4.90. The first-order valence-corrected chi connectivity index (χ1v) is 5.34. The highest BCUT2D eigenvalue weighted by atomic mass is 16.4. The average molecular weight is 182 g/mol. The van der Waals surface area contributed by atoms with Crippen LogP contribution in [0.4, 0.5) is 0 Å². The standard InChI is InChI=1S/C11H18O2/c1-6-7(2)9-4-3-8(6)5-10(9)11(12)13/h6-10H,3-5H2,1-2H3,(H,12,13). The topological polar surface area (TPSA) is 37.3 Å². The van der Waals surface area contributed by atoms with Gasteiger partial charge in [0.15, 0.2) is 0 Å². The maximum absolute atomic E-state index is 11.0. The van der Waals surface area contributed by atoms with Gasteiger partial charge in [-0.15, -0.1) is 0 Å². The Labute approximate surface area is 79.3 Å². The lowest BCUT2D eigenvalue weighted by atomic mass is 9.55. The molecule has 1 N–H and O–H groups in total. The van der Waals surface area contributed by atoms with Gasteiger partial charge in [-0.05, 0) is 42.9 Å². The summed E-state index contributed by atoms with van der Waals surface area (Å²) in [6, 6.07) is 0. The molecule has 2 heteroatoms. The van der Waals surface area contributed by atoms with Crippen molar-refractivity contribution in [3.05, 3.63) is 0 Å². The third-order valence-electron chi connectivity index (χ3n) is 4.51. The van der Waals surface area contributed by atoms with E-state index in [1.165, 1.54) is 6.42 Å². The first-order chi connectivity index (χ1) is 6.11. The fourth-order valence-corrected chi connectivity index (χ4v) is 3.44. The first-order valence-electron chi connectivity index (χ1n) is 5.34. The Balaban J connectivity index is 2.18. The van der Waals surface area contributed by atoms with E-state index in [1.54, 1.807) is 0 Å².